The number of anilines is 1. The van der Waals surface area contributed by atoms with Crippen LogP contribution in [-0.4, -0.2) is 44.2 Å². The third-order valence-corrected chi connectivity index (χ3v) is 4.18. The van der Waals surface area contributed by atoms with Crippen molar-refractivity contribution in [3.63, 3.8) is 0 Å². The van der Waals surface area contributed by atoms with Crippen LogP contribution in [0.15, 0.2) is 12.3 Å². The molecule has 0 unspecified atom stereocenters. The van der Waals surface area contributed by atoms with Crippen molar-refractivity contribution in [3.05, 3.63) is 17.5 Å². The van der Waals surface area contributed by atoms with E-state index in [0.717, 1.165) is 18.2 Å². The van der Waals surface area contributed by atoms with Crippen molar-refractivity contribution in [2.75, 3.05) is 18.8 Å². The van der Waals surface area contributed by atoms with Crippen LogP contribution in [0.25, 0.3) is 11.0 Å². The number of ether oxygens (including phenoxy) is 1. The van der Waals surface area contributed by atoms with Gasteiger partial charge in [-0.3, -0.25) is 0 Å². The molecule has 130 valence electrons. The first-order valence-electron chi connectivity index (χ1n) is 8.02. The Bertz CT molecular complexity index is 768. The SMILES string of the molecule is CC(C)(C)OC(=O)N1CCC[C@@H](n2ccc3c(N)nc(Cl)nc32)C1. The molecule has 0 radical (unpaired) electrons. The number of hydrogen-bond acceptors (Lipinski definition) is 5. The van der Waals surface area contributed by atoms with Gasteiger partial charge in [-0.05, 0) is 51.3 Å². The Labute approximate surface area is 145 Å². The number of nitrogens with zero attached hydrogens (tertiary/aromatic N) is 4. The molecule has 1 atom stereocenters. The minimum atomic E-state index is -0.501. The average Bonchev–Trinajstić information content (AvgIpc) is 2.89. The summed E-state index contributed by atoms with van der Waals surface area (Å²) in [4.78, 5) is 22.4. The van der Waals surface area contributed by atoms with Gasteiger partial charge in [0.1, 0.15) is 17.1 Å². The quantitative estimate of drug-likeness (QED) is 0.797. The molecule has 1 aliphatic rings. The topological polar surface area (TPSA) is 86.3 Å². The summed E-state index contributed by atoms with van der Waals surface area (Å²) in [5, 5.41) is 0.897. The van der Waals surface area contributed by atoms with Crippen LogP contribution < -0.4 is 5.73 Å². The molecular weight excluding hydrogens is 330 g/mol. The van der Waals surface area contributed by atoms with Gasteiger partial charge < -0.3 is 19.9 Å². The standard InChI is InChI=1S/C16H22ClN5O2/c1-16(2,3)24-15(23)21-7-4-5-10(9-21)22-8-6-11-12(18)19-14(17)20-13(11)22/h6,8,10H,4-5,7,9H2,1-3H3,(H2,18,19,20)/t10-/m1/s1. The van der Waals surface area contributed by atoms with Crippen molar-refractivity contribution >= 4 is 34.5 Å². The Hall–Kier alpha value is -2.02. The number of amides is 1. The molecule has 0 aromatic carbocycles. The largest absolute Gasteiger partial charge is 0.444 e. The minimum Gasteiger partial charge on any atom is -0.444 e. The maximum atomic E-state index is 12.3. The molecule has 1 saturated heterocycles. The van der Waals surface area contributed by atoms with Crippen LogP contribution in [0.5, 0.6) is 0 Å². The molecule has 24 heavy (non-hydrogen) atoms. The second kappa shape index (κ2) is 6.12. The fourth-order valence-electron chi connectivity index (χ4n) is 3.00. The summed E-state index contributed by atoms with van der Waals surface area (Å²) in [6.07, 6.45) is 3.49. The molecule has 3 heterocycles. The van der Waals surface area contributed by atoms with Gasteiger partial charge in [-0.1, -0.05) is 0 Å². The molecule has 7 nitrogen and oxygen atoms in total. The molecule has 1 aliphatic heterocycles. The zero-order chi connectivity index (χ0) is 17.5. The van der Waals surface area contributed by atoms with Crippen molar-refractivity contribution in [2.24, 2.45) is 0 Å². The van der Waals surface area contributed by atoms with E-state index in [1.165, 1.54) is 0 Å². The van der Waals surface area contributed by atoms with Gasteiger partial charge in [0.2, 0.25) is 5.28 Å². The zero-order valence-electron chi connectivity index (χ0n) is 14.1. The van der Waals surface area contributed by atoms with Crippen molar-refractivity contribution in [2.45, 2.75) is 45.3 Å². The molecule has 1 amide bonds. The summed E-state index contributed by atoms with van der Waals surface area (Å²) in [6, 6.07) is 1.99. The lowest BCUT2D eigenvalue weighted by Gasteiger charge is -2.34. The van der Waals surface area contributed by atoms with Gasteiger partial charge in [0.25, 0.3) is 0 Å². The molecule has 0 bridgehead atoms. The Morgan fingerprint density at radius 2 is 2.17 bits per heavy atom. The molecule has 0 spiro atoms. The second-order valence-electron chi connectivity index (χ2n) is 7.06. The van der Waals surface area contributed by atoms with Crippen molar-refractivity contribution in [1.82, 2.24) is 19.4 Å². The fourth-order valence-corrected chi connectivity index (χ4v) is 3.17. The number of nitrogen functional groups attached to an aromatic ring is 1. The number of carbonyl (C=O) groups is 1. The summed E-state index contributed by atoms with van der Waals surface area (Å²) in [6.45, 7) is 6.87. The first kappa shape index (κ1) is 16.8. The van der Waals surface area contributed by atoms with E-state index in [0.29, 0.717) is 24.6 Å². The van der Waals surface area contributed by atoms with Gasteiger partial charge in [0, 0.05) is 19.3 Å². The van der Waals surface area contributed by atoms with Gasteiger partial charge >= 0.3 is 6.09 Å². The molecule has 2 aromatic rings. The first-order valence-corrected chi connectivity index (χ1v) is 8.40. The van der Waals surface area contributed by atoms with Crippen LogP contribution >= 0.6 is 11.6 Å². The van der Waals surface area contributed by atoms with E-state index in [1.807, 2.05) is 37.6 Å². The van der Waals surface area contributed by atoms with Crippen LogP contribution in [0.4, 0.5) is 10.6 Å². The summed E-state index contributed by atoms with van der Waals surface area (Å²) in [5.41, 5.74) is 6.11. The second-order valence-corrected chi connectivity index (χ2v) is 7.40. The molecule has 2 aromatic heterocycles. The number of carbonyl (C=O) groups excluding carboxylic acids is 1. The lowest BCUT2D eigenvalue weighted by atomic mass is 10.1. The predicted octanol–water partition coefficient (Wildman–Crippen LogP) is 3.24. The van der Waals surface area contributed by atoms with E-state index in [4.69, 9.17) is 22.1 Å². The Balaban J connectivity index is 1.84. The predicted molar refractivity (Wildman–Crippen MR) is 93.0 cm³/mol. The zero-order valence-corrected chi connectivity index (χ0v) is 14.9. The normalized spacial score (nSPS) is 18.8. The maximum Gasteiger partial charge on any atom is 0.410 e. The maximum absolute atomic E-state index is 12.3. The van der Waals surface area contributed by atoms with E-state index < -0.39 is 5.60 Å². The number of piperidine rings is 1. The van der Waals surface area contributed by atoms with Crippen molar-refractivity contribution in [3.8, 4) is 0 Å². The van der Waals surface area contributed by atoms with Crippen molar-refractivity contribution < 1.29 is 9.53 Å². The molecule has 3 rings (SSSR count). The number of fused-ring (bicyclic) bond motifs is 1. The van der Waals surface area contributed by atoms with Crippen LogP contribution in [0, 0.1) is 0 Å². The smallest absolute Gasteiger partial charge is 0.410 e. The highest BCUT2D eigenvalue weighted by atomic mass is 35.5. The van der Waals surface area contributed by atoms with E-state index in [1.54, 1.807) is 4.90 Å². The van der Waals surface area contributed by atoms with Gasteiger partial charge in [-0.2, -0.15) is 4.98 Å². The first-order chi connectivity index (χ1) is 11.2. The number of likely N-dealkylation sites (tertiary alicyclic amines) is 1. The van der Waals surface area contributed by atoms with E-state index in [-0.39, 0.29) is 17.4 Å². The van der Waals surface area contributed by atoms with Crippen molar-refractivity contribution in [1.29, 1.82) is 0 Å². The van der Waals surface area contributed by atoms with E-state index in [9.17, 15) is 4.79 Å². The Morgan fingerprint density at radius 1 is 1.42 bits per heavy atom. The lowest BCUT2D eigenvalue weighted by molar-refractivity contribution is 0.0174. The van der Waals surface area contributed by atoms with Gasteiger partial charge in [-0.15, -0.1) is 0 Å². The molecular formula is C16H22ClN5O2. The van der Waals surface area contributed by atoms with Gasteiger partial charge in [0.15, 0.2) is 0 Å². The molecule has 8 heteroatoms. The summed E-state index contributed by atoms with van der Waals surface area (Å²) >= 11 is 5.94. The molecule has 1 fully saturated rings. The molecule has 2 N–H and O–H groups in total. The number of aromatic nitrogens is 3. The van der Waals surface area contributed by atoms with E-state index >= 15 is 0 Å². The minimum absolute atomic E-state index is 0.106. The highest BCUT2D eigenvalue weighted by molar-refractivity contribution is 6.28. The Morgan fingerprint density at radius 3 is 2.88 bits per heavy atom. The Kier molecular flexibility index (Phi) is 4.29. The summed E-state index contributed by atoms with van der Waals surface area (Å²) in [7, 11) is 0. The number of nitrogens with two attached hydrogens (primary N) is 1. The lowest BCUT2D eigenvalue weighted by Crippen LogP contribution is -2.43. The third kappa shape index (κ3) is 3.40. The highest BCUT2D eigenvalue weighted by Gasteiger charge is 2.29. The van der Waals surface area contributed by atoms with Crippen LogP contribution in [-0.2, 0) is 4.74 Å². The van der Waals surface area contributed by atoms with Crippen LogP contribution in [0.3, 0.4) is 0 Å². The van der Waals surface area contributed by atoms with Gasteiger partial charge in [-0.25, -0.2) is 9.78 Å². The fraction of sp³-hybridized carbons (Fsp3) is 0.562. The summed E-state index contributed by atoms with van der Waals surface area (Å²) in [5.74, 6) is 0.364. The average molecular weight is 352 g/mol. The van der Waals surface area contributed by atoms with Crippen LogP contribution in [0.1, 0.15) is 39.7 Å². The molecule has 0 saturated carbocycles. The number of rotatable bonds is 1. The van der Waals surface area contributed by atoms with E-state index in [2.05, 4.69) is 9.97 Å². The summed E-state index contributed by atoms with van der Waals surface area (Å²) < 4.78 is 7.50. The number of hydrogen-bond donors (Lipinski definition) is 1. The monoisotopic (exact) mass is 351 g/mol. The number of halogens is 1. The highest BCUT2D eigenvalue weighted by Crippen LogP contribution is 2.29. The molecule has 0 aliphatic carbocycles. The van der Waals surface area contributed by atoms with Gasteiger partial charge in [0.05, 0.1) is 11.4 Å². The third-order valence-electron chi connectivity index (χ3n) is 4.02. The van der Waals surface area contributed by atoms with Crippen LogP contribution in [0.2, 0.25) is 5.28 Å².